The highest BCUT2D eigenvalue weighted by Crippen LogP contribution is 2.28. The maximum atomic E-state index is 12.0. The molecule has 0 bridgehead atoms. The highest BCUT2D eigenvalue weighted by Gasteiger charge is 2.13. The third-order valence-corrected chi connectivity index (χ3v) is 3.31. The van der Waals surface area contributed by atoms with Crippen LogP contribution >= 0.6 is 12.2 Å². The van der Waals surface area contributed by atoms with E-state index in [1.54, 1.807) is 0 Å². The molecular weight excluding hydrogens is 330 g/mol. The van der Waals surface area contributed by atoms with Crippen molar-refractivity contribution < 1.29 is 14.5 Å². The number of anilines is 1. The second-order valence-electron chi connectivity index (χ2n) is 4.81. The number of nitrogens with one attached hydrogen (secondary N) is 2. The predicted molar refractivity (Wildman–Crippen MR) is 94.2 cm³/mol. The summed E-state index contributed by atoms with van der Waals surface area (Å²) in [6.07, 6.45) is 0.175. The van der Waals surface area contributed by atoms with Gasteiger partial charge in [-0.2, -0.15) is 0 Å². The molecule has 0 saturated heterocycles. The van der Waals surface area contributed by atoms with E-state index in [2.05, 4.69) is 10.6 Å². The highest BCUT2D eigenvalue weighted by molar-refractivity contribution is 7.80. The smallest absolute Gasteiger partial charge is 0.271 e. The third kappa shape index (κ3) is 4.75. The molecule has 0 aromatic heterocycles. The molecule has 0 aliphatic heterocycles. The summed E-state index contributed by atoms with van der Waals surface area (Å²) in [5, 5.41) is 16.2. The molecule has 1 amide bonds. The fourth-order valence-electron chi connectivity index (χ4n) is 2.01. The van der Waals surface area contributed by atoms with Gasteiger partial charge < -0.3 is 15.4 Å². The van der Waals surface area contributed by atoms with Crippen molar-refractivity contribution in [2.24, 2.45) is 0 Å². The number of amides is 1. The first kappa shape index (κ1) is 17.4. The van der Waals surface area contributed by atoms with Crippen LogP contribution in [-0.4, -0.2) is 23.1 Å². The van der Waals surface area contributed by atoms with Gasteiger partial charge in [-0.3, -0.25) is 14.9 Å². The van der Waals surface area contributed by atoms with Gasteiger partial charge >= 0.3 is 0 Å². The molecule has 2 aromatic carbocycles. The molecule has 2 N–H and O–H groups in total. The van der Waals surface area contributed by atoms with Crippen molar-refractivity contribution in [2.45, 2.75) is 6.42 Å². The minimum atomic E-state index is -0.526. The molecule has 0 heterocycles. The van der Waals surface area contributed by atoms with Crippen LogP contribution in [0.3, 0.4) is 0 Å². The number of hydrogen-bond acceptors (Lipinski definition) is 5. The predicted octanol–water partition coefficient (Wildman–Crippen LogP) is 2.66. The van der Waals surface area contributed by atoms with Crippen molar-refractivity contribution in [1.82, 2.24) is 5.32 Å². The summed E-state index contributed by atoms with van der Waals surface area (Å²) in [5.41, 5.74) is 1.04. The Balaban J connectivity index is 2.02. The number of carbonyl (C=O) groups is 1. The van der Waals surface area contributed by atoms with E-state index < -0.39 is 4.92 Å². The molecule has 0 aliphatic carbocycles. The molecule has 2 aromatic rings. The van der Waals surface area contributed by atoms with E-state index in [1.807, 2.05) is 30.3 Å². The van der Waals surface area contributed by atoms with Crippen molar-refractivity contribution in [3.63, 3.8) is 0 Å². The van der Waals surface area contributed by atoms with E-state index in [0.29, 0.717) is 11.4 Å². The number of nitro groups is 1. The Morgan fingerprint density at radius 1 is 1.25 bits per heavy atom. The lowest BCUT2D eigenvalue weighted by atomic mass is 10.1. The molecule has 7 nitrogen and oxygen atoms in total. The molecule has 8 heteroatoms. The van der Waals surface area contributed by atoms with Gasteiger partial charge in [-0.15, -0.1) is 0 Å². The Hall–Kier alpha value is -3.00. The van der Waals surface area contributed by atoms with Gasteiger partial charge in [-0.25, -0.2) is 0 Å². The Labute approximate surface area is 143 Å². The number of benzene rings is 2. The molecule has 124 valence electrons. The van der Waals surface area contributed by atoms with Crippen molar-refractivity contribution in [3.8, 4) is 5.75 Å². The number of rotatable bonds is 5. The zero-order chi connectivity index (χ0) is 17.5. The average Bonchev–Trinajstić information content (AvgIpc) is 2.55. The lowest BCUT2D eigenvalue weighted by Gasteiger charge is -2.12. The largest absolute Gasteiger partial charge is 0.495 e. The van der Waals surface area contributed by atoms with Crippen LogP contribution in [0.1, 0.15) is 5.56 Å². The zero-order valence-electron chi connectivity index (χ0n) is 12.8. The normalized spacial score (nSPS) is 9.88. The van der Waals surface area contributed by atoms with Crippen LogP contribution in [0.15, 0.2) is 48.5 Å². The van der Waals surface area contributed by atoms with Gasteiger partial charge in [0.25, 0.3) is 5.69 Å². The van der Waals surface area contributed by atoms with Crippen LogP contribution in [0.25, 0.3) is 0 Å². The average molecular weight is 345 g/mol. The van der Waals surface area contributed by atoms with E-state index >= 15 is 0 Å². The molecule has 0 fully saturated rings. The summed E-state index contributed by atoms with van der Waals surface area (Å²) >= 11 is 5.08. The zero-order valence-corrected chi connectivity index (χ0v) is 13.6. The van der Waals surface area contributed by atoms with Gasteiger partial charge in [0.2, 0.25) is 5.91 Å². The molecular formula is C16H15N3O4S. The highest BCUT2D eigenvalue weighted by atomic mass is 32.1. The fourth-order valence-corrected chi connectivity index (χ4v) is 2.24. The van der Waals surface area contributed by atoms with Crippen LogP contribution in [0.5, 0.6) is 5.75 Å². The molecule has 0 atom stereocenters. The second-order valence-corrected chi connectivity index (χ2v) is 5.21. The molecule has 2 rings (SSSR count). The van der Waals surface area contributed by atoms with Crippen LogP contribution in [0.2, 0.25) is 0 Å². The quantitative estimate of drug-likeness (QED) is 0.492. The van der Waals surface area contributed by atoms with Gasteiger partial charge in [-0.05, 0) is 23.8 Å². The van der Waals surface area contributed by atoms with Crippen molar-refractivity contribution in [3.05, 3.63) is 64.2 Å². The lowest BCUT2D eigenvalue weighted by Crippen LogP contribution is -2.35. The van der Waals surface area contributed by atoms with Crippen LogP contribution in [0.4, 0.5) is 11.4 Å². The van der Waals surface area contributed by atoms with E-state index in [0.717, 1.165) is 5.56 Å². The van der Waals surface area contributed by atoms with Gasteiger partial charge in [0.05, 0.1) is 24.1 Å². The molecule has 0 aliphatic rings. The van der Waals surface area contributed by atoms with Crippen LogP contribution in [0, 0.1) is 10.1 Å². The lowest BCUT2D eigenvalue weighted by molar-refractivity contribution is -0.384. The Bertz CT molecular complexity index is 765. The molecule has 24 heavy (non-hydrogen) atoms. The Kier molecular flexibility index (Phi) is 5.80. The van der Waals surface area contributed by atoms with E-state index in [-0.39, 0.29) is 23.1 Å². The maximum absolute atomic E-state index is 12.0. The summed E-state index contributed by atoms with van der Waals surface area (Å²) in [6, 6.07) is 13.3. The first-order chi connectivity index (χ1) is 11.5. The van der Waals surface area contributed by atoms with Crippen molar-refractivity contribution in [1.29, 1.82) is 0 Å². The van der Waals surface area contributed by atoms with Gasteiger partial charge in [-0.1, -0.05) is 30.3 Å². The van der Waals surface area contributed by atoms with Gasteiger partial charge in [0.1, 0.15) is 5.75 Å². The van der Waals surface area contributed by atoms with E-state index in [9.17, 15) is 14.9 Å². The van der Waals surface area contributed by atoms with Crippen LogP contribution in [-0.2, 0) is 11.2 Å². The minimum absolute atomic E-state index is 0.0368. The number of hydrogen-bond donors (Lipinski definition) is 2. The fraction of sp³-hybridized carbons (Fsp3) is 0.125. The first-order valence-corrected chi connectivity index (χ1v) is 7.37. The number of carbonyl (C=O) groups excluding carboxylic acids is 1. The third-order valence-electron chi connectivity index (χ3n) is 3.10. The number of non-ortho nitro benzene ring substituents is 1. The second kappa shape index (κ2) is 8.02. The van der Waals surface area contributed by atoms with Crippen molar-refractivity contribution >= 4 is 34.6 Å². The Morgan fingerprint density at radius 2 is 1.96 bits per heavy atom. The van der Waals surface area contributed by atoms with E-state index in [4.69, 9.17) is 17.0 Å². The maximum Gasteiger partial charge on any atom is 0.271 e. The summed E-state index contributed by atoms with van der Waals surface area (Å²) in [6.45, 7) is 0. The number of nitro benzene ring substituents is 1. The molecule has 0 spiro atoms. The van der Waals surface area contributed by atoms with E-state index in [1.165, 1.54) is 25.3 Å². The molecule has 0 radical (unpaired) electrons. The topological polar surface area (TPSA) is 93.5 Å². The number of nitrogens with zero attached hydrogens (tertiary/aromatic N) is 1. The standard InChI is InChI=1S/C16H15N3O4S/c1-23-14-8-7-12(19(21)22)10-13(14)17-16(24)18-15(20)9-11-5-3-2-4-6-11/h2-8,10H,9H2,1H3,(H2,17,18,20,24). The summed E-state index contributed by atoms with van der Waals surface area (Å²) < 4.78 is 5.12. The van der Waals surface area contributed by atoms with Gasteiger partial charge in [0, 0.05) is 12.1 Å². The summed E-state index contributed by atoms with van der Waals surface area (Å²) in [7, 11) is 1.43. The number of methoxy groups -OCH3 is 1. The first-order valence-electron chi connectivity index (χ1n) is 6.97. The van der Waals surface area contributed by atoms with Crippen LogP contribution < -0.4 is 15.4 Å². The minimum Gasteiger partial charge on any atom is -0.495 e. The SMILES string of the molecule is COc1ccc([N+](=O)[O-])cc1NC(=S)NC(=O)Cc1ccccc1. The van der Waals surface area contributed by atoms with Crippen molar-refractivity contribution in [2.75, 3.05) is 12.4 Å². The summed E-state index contributed by atoms with van der Waals surface area (Å²) in [4.78, 5) is 22.3. The number of thiocarbonyl (C=S) groups is 1. The van der Waals surface area contributed by atoms with Gasteiger partial charge in [0.15, 0.2) is 5.11 Å². The molecule has 0 saturated carbocycles. The summed E-state index contributed by atoms with van der Waals surface area (Å²) in [5.74, 6) is 0.0864. The monoisotopic (exact) mass is 345 g/mol. The Morgan fingerprint density at radius 3 is 2.58 bits per heavy atom. The molecule has 0 unspecified atom stereocenters. The number of ether oxygens (including phenoxy) is 1.